The minimum absolute atomic E-state index is 0.391. The van der Waals surface area contributed by atoms with Gasteiger partial charge in [-0.25, -0.2) is 4.39 Å². The minimum Gasteiger partial charge on any atom is -0.456 e. The molecule has 3 heteroatoms. The van der Waals surface area contributed by atoms with E-state index in [1.165, 1.54) is 18.2 Å². The molecule has 1 aromatic heterocycles. The van der Waals surface area contributed by atoms with E-state index in [-0.39, 0.29) is 0 Å². The monoisotopic (exact) mass is 254 g/mol. The third-order valence-electron chi connectivity index (χ3n) is 3.15. The standard InChI is InChI=1S/C16H11FO2/c1-10-3-2-4-11-7-15(19-16(10)11)14-8-13(17)6-5-12(14)9-18/h2-9H,1H3. The number of hydrogen-bond donors (Lipinski definition) is 0. The molecular weight excluding hydrogens is 243 g/mol. The van der Waals surface area contributed by atoms with E-state index < -0.39 is 5.82 Å². The first kappa shape index (κ1) is 11.7. The third-order valence-corrected chi connectivity index (χ3v) is 3.15. The van der Waals surface area contributed by atoms with E-state index in [1.807, 2.05) is 31.2 Å². The molecule has 0 N–H and O–H groups in total. The summed E-state index contributed by atoms with van der Waals surface area (Å²) in [4.78, 5) is 11.0. The van der Waals surface area contributed by atoms with Crippen LogP contribution in [0.4, 0.5) is 4.39 Å². The minimum atomic E-state index is -0.391. The summed E-state index contributed by atoms with van der Waals surface area (Å²) in [7, 11) is 0. The highest BCUT2D eigenvalue weighted by Crippen LogP contribution is 2.31. The van der Waals surface area contributed by atoms with E-state index in [4.69, 9.17) is 4.42 Å². The lowest BCUT2D eigenvalue weighted by molar-refractivity contribution is 0.112. The fourth-order valence-corrected chi connectivity index (χ4v) is 2.19. The summed E-state index contributed by atoms with van der Waals surface area (Å²) in [6, 6.07) is 11.7. The zero-order chi connectivity index (χ0) is 13.4. The molecular formula is C16H11FO2. The highest BCUT2D eigenvalue weighted by atomic mass is 19.1. The number of aldehydes is 1. The molecule has 0 aliphatic rings. The van der Waals surface area contributed by atoms with Gasteiger partial charge in [0.1, 0.15) is 17.2 Å². The maximum Gasteiger partial charge on any atom is 0.150 e. The molecule has 0 amide bonds. The van der Waals surface area contributed by atoms with E-state index in [2.05, 4.69) is 0 Å². The van der Waals surface area contributed by atoms with E-state index >= 15 is 0 Å². The Labute approximate surface area is 109 Å². The smallest absolute Gasteiger partial charge is 0.150 e. The van der Waals surface area contributed by atoms with Gasteiger partial charge in [-0.15, -0.1) is 0 Å². The predicted molar refractivity (Wildman–Crippen MR) is 71.7 cm³/mol. The molecule has 0 fully saturated rings. The van der Waals surface area contributed by atoms with Crippen molar-refractivity contribution >= 4 is 17.3 Å². The van der Waals surface area contributed by atoms with Crippen LogP contribution in [-0.2, 0) is 0 Å². The van der Waals surface area contributed by atoms with E-state index in [1.54, 1.807) is 0 Å². The van der Waals surface area contributed by atoms with E-state index in [9.17, 15) is 9.18 Å². The molecule has 0 atom stereocenters. The summed E-state index contributed by atoms with van der Waals surface area (Å²) < 4.78 is 19.1. The summed E-state index contributed by atoms with van der Waals surface area (Å²) in [6.07, 6.45) is 0.703. The Morgan fingerprint density at radius 3 is 2.74 bits per heavy atom. The fourth-order valence-electron chi connectivity index (χ4n) is 2.19. The van der Waals surface area contributed by atoms with Gasteiger partial charge in [0.2, 0.25) is 0 Å². The number of rotatable bonds is 2. The van der Waals surface area contributed by atoms with Crippen molar-refractivity contribution in [2.45, 2.75) is 6.92 Å². The van der Waals surface area contributed by atoms with Crippen molar-refractivity contribution in [2.24, 2.45) is 0 Å². The van der Waals surface area contributed by atoms with Crippen molar-refractivity contribution in [3.8, 4) is 11.3 Å². The lowest BCUT2D eigenvalue weighted by atomic mass is 10.1. The summed E-state index contributed by atoms with van der Waals surface area (Å²) in [5, 5.41) is 0.941. The Morgan fingerprint density at radius 2 is 2.00 bits per heavy atom. The number of carbonyl (C=O) groups is 1. The largest absolute Gasteiger partial charge is 0.456 e. The van der Waals surface area contributed by atoms with Crippen molar-refractivity contribution in [2.75, 3.05) is 0 Å². The van der Waals surface area contributed by atoms with Gasteiger partial charge in [0.25, 0.3) is 0 Å². The summed E-state index contributed by atoms with van der Waals surface area (Å²) >= 11 is 0. The van der Waals surface area contributed by atoms with Gasteiger partial charge in [-0.1, -0.05) is 18.2 Å². The van der Waals surface area contributed by atoms with Crippen LogP contribution in [0, 0.1) is 12.7 Å². The van der Waals surface area contributed by atoms with Crippen LogP contribution in [0.3, 0.4) is 0 Å². The Kier molecular flexibility index (Phi) is 2.67. The quantitative estimate of drug-likeness (QED) is 0.636. The number of furan rings is 1. The van der Waals surface area contributed by atoms with Crippen molar-refractivity contribution in [1.82, 2.24) is 0 Å². The second kappa shape index (κ2) is 4.35. The van der Waals surface area contributed by atoms with Crippen LogP contribution in [0.2, 0.25) is 0 Å². The molecule has 2 nitrogen and oxygen atoms in total. The van der Waals surface area contributed by atoms with Gasteiger partial charge < -0.3 is 4.42 Å². The first-order chi connectivity index (χ1) is 9.19. The van der Waals surface area contributed by atoms with E-state index in [0.29, 0.717) is 23.2 Å². The molecule has 0 saturated carbocycles. The molecule has 3 aromatic rings. The van der Waals surface area contributed by atoms with Gasteiger partial charge >= 0.3 is 0 Å². The summed E-state index contributed by atoms with van der Waals surface area (Å²) in [6.45, 7) is 1.95. The van der Waals surface area contributed by atoms with Crippen molar-refractivity contribution in [3.63, 3.8) is 0 Å². The van der Waals surface area contributed by atoms with Gasteiger partial charge in [0.05, 0.1) is 0 Å². The average Bonchev–Trinajstić information content (AvgIpc) is 2.84. The molecule has 3 rings (SSSR count). The Balaban J connectivity index is 2.27. The Bertz CT molecular complexity index is 772. The number of carbonyl (C=O) groups excluding carboxylic acids is 1. The highest BCUT2D eigenvalue weighted by Gasteiger charge is 2.12. The van der Waals surface area contributed by atoms with Crippen LogP contribution in [0.5, 0.6) is 0 Å². The van der Waals surface area contributed by atoms with Crippen LogP contribution in [0.25, 0.3) is 22.3 Å². The number of aryl methyl sites for hydroxylation is 1. The molecule has 0 aliphatic heterocycles. The second-order valence-corrected chi connectivity index (χ2v) is 4.45. The van der Waals surface area contributed by atoms with Crippen LogP contribution >= 0.6 is 0 Å². The van der Waals surface area contributed by atoms with Crippen molar-refractivity contribution in [1.29, 1.82) is 0 Å². The number of para-hydroxylation sites is 1. The maximum atomic E-state index is 13.3. The van der Waals surface area contributed by atoms with Crippen molar-refractivity contribution < 1.29 is 13.6 Å². The second-order valence-electron chi connectivity index (χ2n) is 4.45. The first-order valence-electron chi connectivity index (χ1n) is 5.93. The van der Waals surface area contributed by atoms with Gasteiger partial charge in [0, 0.05) is 16.5 Å². The zero-order valence-electron chi connectivity index (χ0n) is 10.3. The summed E-state index contributed by atoms with van der Waals surface area (Å²) in [5.41, 5.74) is 2.66. The lowest BCUT2D eigenvalue weighted by Gasteiger charge is -2.01. The van der Waals surface area contributed by atoms with Crippen LogP contribution in [0.15, 0.2) is 46.9 Å². The van der Waals surface area contributed by atoms with Crippen LogP contribution in [-0.4, -0.2) is 6.29 Å². The normalized spacial score (nSPS) is 10.8. The van der Waals surface area contributed by atoms with E-state index in [0.717, 1.165) is 16.5 Å². The maximum absolute atomic E-state index is 13.3. The van der Waals surface area contributed by atoms with Gasteiger partial charge in [0.15, 0.2) is 6.29 Å². The molecule has 19 heavy (non-hydrogen) atoms. The molecule has 2 aromatic carbocycles. The van der Waals surface area contributed by atoms with Crippen molar-refractivity contribution in [3.05, 3.63) is 59.4 Å². The highest BCUT2D eigenvalue weighted by molar-refractivity contribution is 5.90. The van der Waals surface area contributed by atoms with Crippen LogP contribution in [0.1, 0.15) is 15.9 Å². The summed E-state index contributed by atoms with van der Waals surface area (Å²) in [5.74, 6) is 0.115. The number of benzene rings is 2. The SMILES string of the molecule is Cc1cccc2cc(-c3cc(F)ccc3C=O)oc12. The molecule has 1 heterocycles. The van der Waals surface area contributed by atoms with Gasteiger partial charge in [-0.3, -0.25) is 4.79 Å². The molecule has 0 radical (unpaired) electrons. The zero-order valence-corrected chi connectivity index (χ0v) is 10.3. The number of halogens is 1. The molecule has 0 unspecified atom stereocenters. The molecule has 0 saturated heterocycles. The van der Waals surface area contributed by atoms with Gasteiger partial charge in [-0.05, 0) is 36.8 Å². The molecule has 0 bridgehead atoms. The lowest BCUT2D eigenvalue weighted by Crippen LogP contribution is -1.87. The molecule has 0 spiro atoms. The van der Waals surface area contributed by atoms with Crippen LogP contribution < -0.4 is 0 Å². The number of hydrogen-bond acceptors (Lipinski definition) is 2. The number of fused-ring (bicyclic) bond motifs is 1. The first-order valence-corrected chi connectivity index (χ1v) is 5.93. The topological polar surface area (TPSA) is 30.2 Å². The Hall–Kier alpha value is -2.42. The van der Waals surface area contributed by atoms with Gasteiger partial charge in [-0.2, -0.15) is 0 Å². The Morgan fingerprint density at radius 1 is 1.16 bits per heavy atom. The fraction of sp³-hybridized carbons (Fsp3) is 0.0625. The average molecular weight is 254 g/mol. The third kappa shape index (κ3) is 1.93. The predicted octanol–water partition coefficient (Wildman–Crippen LogP) is 4.36. The molecule has 94 valence electrons. The molecule has 0 aliphatic carbocycles.